The van der Waals surface area contributed by atoms with Crippen molar-refractivity contribution in [3.05, 3.63) is 29.8 Å². The molecule has 2 aliphatic rings. The third-order valence-electron chi connectivity index (χ3n) is 6.10. The maximum absolute atomic E-state index is 13.4. The number of carbonyl (C=O) groups excluding carboxylic acids is 2. The van der Waals surface area contributed by atoms with Crippen LogP contribution in [0, 0.1) is 5.92 Å². The first-order valence-electron chi connectivity index (χ1n) is 10.5. The number of benzene rings is 1. The van der Waals surface area contributed by atoms with E-state index in [-0.39, 0.29) is 23.8 Å². The summed E-state index contributed by atoms with van der Waals surface area (Å²) >= 11 is 0. The van der Waals surface area contributed by atoms with Gasteiger partial charge in [0, 0.05) is 32.1 Å². The number of nitrogens with one attached hydrogen (secondary N) is 1. The second-order valence-corrected chi connectivity index (χ2v) is 7.88. The fourth-order valence-corrected chi connectivity index (χ4v) is 4.46. The van der Waals surface area contributed by atoms with Gasteiger partial charge in [0.25, 0.3) is 0 Å². The van der Waals surface area contributed by atoms with Crippen LogP contribution < -0.4 is 10.1 Å². The van der Waals surface area contributed by atoms with Crippen LogP contribution in [-0.2, 0) is 9.59 Å². The number of amides is 2. The molecule has 0 aliphatic carbocycles. The fraction of sp³-hybridized carbons (Fsp3) is 0.636. The summed E-state index contributed by atoms with van der Waals surface area (Å²) in [7, 11) is 3.59. The maximum atomic E-state index is 13.4. The van der Waals surface area contributed by atoms with Crippen LogP contribution in [-0.4, -0.2) is 61.4 Å². The second-order valence-electron chi connectivity index (χ2n) is 7.88. The highest BCUT2D eigenvalue weighted by atomic mass is 16.5. The van der Waals surface area contributed by atoms with E-state index in [9.17, 15) is 9.59 Å². The predicted octanol–water partition coefficient (Wildman–Crippen LogP) is 2.60. The number of rotatable bonds is 7. The topological polar surface area (TPSA) is 61.9 Å². The van der Waals surface area contributed by atoms with Crippen LogP contribution >= 0.6 is 0 Å². The zero-order valence-corrected chi connectivity index (χ0v) is 17.3. The van der Waals surface area contributed by atoms with Crippen LogP contribution in [0.5, 0.6) is 5.75 Å². The van der Waals surface area contributed by atoms with Crippen LogP contribution in [0.25, 0.3) is 0 Å². The maximum Gasteiger partial charge on any atom is 0.228 e. The highest BCUT2D eigenvalue weighted by Gasteiger charge is 2.45. The number of ether oxygens (including phenoxy) is 1. The summed E-state index contributed by atoms with van der Waals surface area (Å²) < 4.78 is 5.28. The lowest BCUT2D eigenvalue weighted by atomic mass is 9.91. The van der Waals surface area contributed by atoms with Gasteiger partial charge in [-0.05, 0) is 44.0 Å². The Balaban J connectivity index is 1.86. The predicted molar refractivity (Wildman–Crippen MR) is 109 cm³/mol. The monoisotopic (exact) mass is 387 g/mol. The van der Waals surface area contributed by atoms with E-state index in [4.69, 9.17) is 4.74 Å². The van der Waals surface area contributed by atoms with Crippen molar-refractivity contribution in [2.75, 3.05) is 33.8 Å². The highest BCUT2D eigenvalue weighted by Crippen LogP contribution is 2.40. The Kier molecular flexibility index (Phi) is 6.94. The molecule has 0 bridgehead atoms. The van der Waals surface area contributed by atoms with E-state index in [1.807, 2.05) is 41.1 Å². The van der Waals surface area contributed by atoms with Crippen LogP contribution in [0.3, 0.4) is 0 Å². The molecule has 2 heterocycles. The van der Waals surface area contributed by atoms with E-state index in [1.54, 1.807) is 7.11 Å². The van der Waals surface area contributed by atoms with E-state index < -0.39 is 0 Å². The normalized spacial score (nSPS) is 25.2. The summed E-state index contributed by atoms with van der Waals surface area (Å²) in [5.74, 6) is 0.681. The molecule has 3 atom stereocenters. The van der Waals surface area contributed by atoms with Gasteiger partial charge in [-0.15, -0.1) is 0 Å². The molecule has 2 amide bonds. The first-order chi connectivity index (χ1) is 13.6. The SMILES string of the molecule is CCCCN1C(=O)CC(C(=O)N2CCCC(NC)C2)C1c1ccc(OC)cc1. The molecule has 1 N–H and O–H groups in total. The van der Waals surface area contributed by atoms with Crippen molar-refractivity contribution in [3.8, 4) is 5.75 Å². The molecule has 154 valence electrons. The lowest BCUT2D eigenvalue weighted by Crippen LogP contribution is -2.49. The van der Waals surface area contributed by atoms with Crippen molar-refractivity contribution >= 4 is 11.8 Å². The number of nitrogens with zero attached hydrogens (tertiary/aromatic N) is 2. The number of likely N-dealkylation sites (tertiary alicyclic amines) is 2. The van der Waals surface area contributed by atoms with Crippen molar-refractivity contribution in [1.82, 2.24) is 15.1 Å². The lowest BCUT2D eigenvalue weighted by Gasteiger charge is -2.36. The molecule has 6 heteroatoms. The second kappa shape index (κ2) is 9.41. The van der Waals surface area contributed by atoms with Gasteiger partial charge in [-0.3, -0.25) is 9.59 Å². The summed E-state index contributed by atoms with van der Waals surface area (Å²) in [6.45, 7) is 4.34. The van der Waals surface area contributed by atoms with E-state index >= 15 is 0 Å². The molecule has 1 aromatic rings. The lowest BCUT2D eigenvalue weighted by molar-refractivity contribution is -0.138. The van der Waals surface area contributed by atoms with Gasteiger partial charge < -0.3 is 19.9 Å². The third kappa shape index (κ3) is 4.32. The standard InChI is InChI=1S/C22H33N3O3/c1-4-5-13-25-20(26)14-19(21(25)16-8-10-18(28-3)11-9-16)22(27)24-12-6-7-17(15-24)23-2/h8-11,17,19,21,23H,4-7,12-15H2,1-3H3. The van der Waals surface area contributed by atoms with Crippen LogP contribution in [0.4, 0.5) is 0 Å². The van der Waals surface area contributed by atoms with Crippen LogP contribution in [0.1, 0.15) is 50.6 Å². The molecule has 1 aromatic carbocycles. The largest absolute Gasteiger partial charge is 0.497 e. The van der Waals surface area contributed by atoms with Crippen molar-refractivity contribution in [3.63, 3.8) is 0 Å². The Morgan fingerprint density at radius 3 is 2.68 bits per heavy atom. The smallest absolute Gasteiger partial charge is 0.228 e. The molecule has 3 rings (SSSR count). The average Bonchev–Trinajstić information content (AvgIpc) is 3.07. The van der Waals surface area contributed by atoms with E-state index in [2.05, 4.69) is 12.2 Å². The molecular weight excluding hydrogens is 354 g/mol. The number of methoxy groups -OCH3 is 1. The molecule has 6 nitrogen and oxygen atoms in total. The first-order valence-corrected chi connectivity index (χ1v) is 10.5. The molecule has 0 spiro atoms. The minimum absolute atomic E-state index is 0.0924. The van der Waals surface area contributed by atoms with E-state index in [1.165, 1.54) is 0 Å². The number of hydrogen-bond acceptors (Lipinski definition) is 4. The first kappa shape index (κ1) is 20.6. The number of likely N-dealkylation sites (N-methyl/N-ethyl adjacent to an activating group) is 1. The molecular formula is C22H33N3O3. The molecule has 0 saturated carbocycles. The number of piperidine rings is 1. The molecule has 2 saturated heterocycles. The van der Waals surface area contributed by atoms with Crippen molar-refractivity contribution in [1.29, 1.82) is 0 Å². The zero-order valence-electron chi connectivity index (χ0n) is 17.3. The van der Waals surface area contributed by atoms with E-state index in [0.717, 1.165) is 50.1 Å². The Hall–Kier alpha value is -2.08. The Morgan fingerprint density at radius 1 is 1.29 bits per heavy atom. The van der Waals surface area contributed by atoms with Crippen LogP contribution in [0.15, 0.2) is 24.3 Å². The number of carbonyl (C=O) groups is 2. The third-order valence-corrected chi connectivity index (χ3v) is 6.10. The quantitative estimate of drug-likeness (QED) is 0.781. The van der Waals surface area contributed by atoms with Gasteiger partial charge in [0.15, 0.2) is 0 Å². The Labute approximate surface area is 168 Å². The fourth-order valence-electron chi connectivity index (χ4n) is 4.46. The zero-order chi connectivity index (χ0) is 20.1. The van der Waals surface area contributed by atoms with Gasteiger partial charge in [-0.1, -0.05) is 25.5 Å². The number of hydrogen-bond donors (Lipinski definition) is 1. The van der Waals surface area contributed by atoms with Crippen LogP contribution in [0.2, 0.25) is 0 Å². The summed E-state index contributed by atoms with van der Waals surface area (Å²) in [6.07, 6.45) is 4.37. The molecule has 3 unspecified atom stereocenters. The summed E-state index contributed by atoms with van der Waals surface area (Å²) in [4.78, 5) is 30.1. The van der Waals surface area contributed by atoms with Gasteiger partial charge in [0.05, 0.1) is 19.1 Å². The molecule has 0 radical (unpaired) electrons. The van der Waals surface area contributed by atoms with Gasteiger partial charge in [0.1, 0.15) is 5.75 Å². The summed E-state index contributed by atoms with van der Waals surface area (Å²) in [5, 5.41) is 3.30. The molecule has 2 aliphatic heterocycles. The minimum Gasteiger partial charge on any atom is -0.497 e. The minimum atomic E-state index is -0.312. The van der Waals surface area contributed by atoms with Crippen molar-refractivity contribution in [2.24, 2.45) is 5.92 Å². The van der Waals surface area contributed by atoms with Gasteiger partial charge in [-0.25, -0.2) is 0 Å². The van der Waals surface area contributed by atoms with Crippen molar-refractivity contribution < 1.29 is 14.3 Å². The van der Waals surface area contributed by atoms with Crippen molar-refractivity contribution in [2.45, 2.75) is 51.1 Å². The van der Waals surface area contributed by atoms with E-state index in [0.29, 0.717) is 19.0 Å². The van der Waals surface area contributed by atoms with Gasteiger partial charge in [-0.2, -0.15) is 0 Å². The summed E-state index contributed by atoms with van der Waals surface area (Å²) in [6, 6.07) is 7.96. The molecule has 28 heavy (non-hydrogen) atoms. The Morgan fingerprint density at radius 2 is 2.04 bits per heavy atom. The molecule has 2 fully saturated rings. The molecule has 0 aromatic heterocycles. The average molecular weight is 388 g/mol. The number of unbranched alkanes of at least 4 members (excludes halogenated alkanes) is 1. The highest BCUT2D eigenvalue weighted by molar-refractivity contribution is 5.90. The summed E-state index contributed by atoms with van der Waals surface area (Å²) in [5.41, 5.74) is 1.02. The van der Waals surface area contributed by atoms with Gasteiger partial charge in [0.2, 0.25) is 11.8 Å². The Bertz CT molecular complexity index is 676. The van der Waals surface area contributed by atoms with Gasteiger partial charge >= 0.3 is 0 Å².